The fourth-order valence-corrected chi connectivity index (χ4v) is 5.38. The number of rotatable bonds is 5. The van der Waals surface area contributed by atoms with E-state index in [1.54, 1.807) is 24.3 Å². The third kappa shape index (κ3) is 3.92. The second-order valence-corrected chi connectivity index (χ2v) is 9.54. The molecule has 8 heteroatoms. The van der Waals surface area contributed by atoms with Crippen molar-refractivity contribution in [3.05, 3.63) is 51.3 Å². The topological polar surface area (TPSA) is 65.4 Å². The quantitative estimate of drug-likeness (QED) is 0.691. The minimum Gasteiger partial charge on any atom is -0.485 e. The number of benzene rings is 1. The largest absolute Gasteiger partial charge is 0.485 e. The van der Waals surface area contributed by atoms with E-state index in [1.165, 1.54) is 0 Å². The highest BCUT2D eigenvalue weighted by atomic mass is 35.5. The Morgan fingerprint density at radius 1 is 1.23 bits per heavy atom. The molecule has 1 aromatic heterocycles. The molecule has 140 valence electrons. The van der Waals surface area contributed by atoms with Crippen LogP contribution in [0.1, 0.15) is 34.2 Å². The molecule has 0 radical (unpaired) electrons. The van der Waals surface area contributed by atoms with E-state index in [1.807, 2.05) is 18.4 Å². The third-order valence-corrected chi connectivity index (χ3v) is 7.11. The molecule has 0 aliphatic carbocycles. The zero-order valence-corrected chi connectivity index (χ0v) is 16.8. The number of carbonyl (C=O) groups excluding carboxylic acids is 1. The molecule has 1 fully saturated rings. The average Bonchev–Trinajstić information content (AvgIpc) is 3.07. The SMILES string of the molecule is Cc1cc(C(=O)COc2ccc(Cl)c(Cl)c2)c(C)n1[C@H]1CCS(=O)(=O)C1. The molecule has 26 heavy (non-hydrogen) atoms. The highest BCUT2D eigenvalue weighted by Gasteiger charge is 2.31. The Morgan fingerprint density at radius 3 is 2.58 bits per heavy atom. The van der Waals surface area contributed by atoms with Gasteiger partial charge in [-0.15, -0.1) is 0 Å². The molecule has 5 nitrogen and oxygen atoms in total. The summed E-state index contributed by atoms with van der Waals surface area (Å²) in [6.07, 6.45) is 0.575. The number of ketones is 1. The van der Waals surface area contributed by atoms with Crippen molar-refractivity contribution >= 4 is 38.8 Å². The van der Waals surface area contributed by atoms with Gasteiger partial charge in [0.1, 0.15) is 5.75 Å². The van der Waals surface area contributed by atoms with Crippen molar-refractivity contribution in [3.63, 3.8) is 0 Å². The van der Waals surface area contributed by atoms with Gasteiger partial charge in [-0.1, -0.05) is 23.2 Å². The first-order valence-corrected chi connectivity index (χ1v) is 10.8. The monoisotopic (exact) mass is 415 g/mol. The first-order chi connectivity index (χ1) is 12.2. The van der Waals surface area contributed by atoms with E-state index < -0.39 is 9.84 Å². The van der Waals surface area contributed by atoms with Crippen LogP contribution in [0.25, 0.3) is 0 Å². The summed E-state index contributed by atoms with van der Waals surface area (Å²) in [6, 6.07) is 6.49. The van der Waals surface area contributed by atoms with Crippen LogP contribution in [0, 0.1) is 13.8 Å². The van der Waals surface area contributed by atoms with Gasteiger partial charge in [0, 0.05) is 29.1 Å². The number of hydrogen-bond acceptors (Lipinski definition) is 4. The number of nitrogens with zero attached hydrogens (tertiary/aromatic N) is 1. The summed E-state index contributed by atoms with van der Waals surface area (Å²) in [5.74, 6) is 0.606. The van der Waals surface area contributed by atoms with Crippen molar-refractivity contribution in [2.75, 3.05) is 18.1 Å². The Balaban J connectivity index is 1.76. The van der Waals surface area contributed by atoms with E-state index in [0.717, 1.165) is 11.4 Å². The van der Waals surface area contributed by atoms with Gasteiger partial charge in [-0.3, -0.25) is 4.79 Å². The van der Waals surface area contributed by atoms with E-state index >= 15 is 0 Å². The van der Waals surface area contributed by atoms with Crippen LogP contribution < -0.4 is 4.74 Å². The maximum atomic E-state index is 12.6. The molecule has 0 saturated carbocycles. The maximum absolute atomic E-state index is 12.6. The number of aryl methyl sites for hydroxylation is 1. The van der Waals surface area contributed by atoms with E-state index in [2.05, 4.69) is 0 Å². The van der Waals surface area contributed by atoms with E-state index in [-0.39, 0.29) is 29.9 Å². The van der Waals surface area contributed by atoms with E-state index in [0.29, 0.717) is 27.8 Å². The van der Waals surface area contributed by atoms with Gasteiger partial charge in [0.05, 0.1) is 21.6 Å². The fraction of sp³-hybridized carbons (Fsp3) is 0.389. The van der Waals surface area contributed by atoms with Gasteiger partial charge in [-0.05, 0) is 38.5 Å². The van der Waals surface area contributed by atoms with Gasteiger partial charge in [-0.2, -0.15) is 0 Å². The molecule has 1 saturated heterocycles. The molecule has 0 bridgehead atoms. The van der Waals surface area contributed by atoms with Gasteiger partial charge >= 0.3 is 0 Å². The zero-order valence-electron chi connectivity index (χ0n) is 14.5. The fourth-order valence-electron chi connectivity index (χ4n) is 3.39. The molecule has 0 spiro atoms. The van der Waals surface area contributed by atoms with Crippen LogP contribution in [-0.4, -0.2) is 36.9 Å². The lowest BCUT2D eigenvalue weighted by Crippen LogP contribution is -2.16. The summed E-state index contributed by atoms with van der Waals surface area (Å²) in [5, 5.41) is 0.776. The Labute approximate surface area is 162 Å². The van der Waals surface area contributed by atoms with Gasteiger partial charge < -0.3 is 9.30 Å². The van der Waals surface area contributed by atoms with Crippen LogP contribution in [0.5, 0.6) is 5.75 Å². The van der Waals surface area contributed by atoms with Crippen LogP contribution in [-0.2, 0) is 9.84 Å². The van der Waals surface area contributed by atoms with Crippen molar-refractivity contribution in [2.24, 2.45) is 0 Å². The van der Waals surface area contributed by atoms with Crippen molar-refractivity contribution < 1.29 is 17.9 Å². The number of Topliss-reactive ketones (excluding diaryl/α,β-unsaturated/α-hetero) is 1. The van der Waals surface area contributed by atoms with Crippen LogP contribution in [0.3, 0.4) is 0 Å². The number of halogens is 2. The number of sulfone groups is 1. The number of hydrogen-bond donors (Lipinski definition) is 0. The smallest absolute Gasteiger partial charge is 0.202 e. The van der Waals surface area contributed by atoms with Gasteiger partial charge in [0.2, 0.25) is 5.78 Å². The van der Waals surface area contributed by atoms with Crippen molar-refractivity contribution in [1.82, 2.24) is 4.57 Å². The van der Waals surface area contributed by atoms with Gasteiger partial charge in [0.15, 0.2) is 16.4 Å². The highest BCUT2D eigenvalue weighted by Crippen LogP contribution is 2.30. The number of ether oxygens (including phenoxy) is 1. The van der Waals surface area contributed by atoms with Crippen LogP contribution in [0.15, 0.2) is 24.3 Å². The summed E-state index contributed by atoms with van der Waals surface area (Å²) in [7, 11) is -3.00. The summed E-state index contributed by atoms with van der Waals surface area (Å²) in [5.41, 5.74) is 2.20. The molecule has 0 N–H and O–H groups in total. The second-order valence-electron chi connectivity index (χ2n) is 6.50. The molecule has 3 rings (SSSR count). The Kier molecular flexibility index (Phi) is 5.37. The highest BCUT2D eigenvalue weighted by molar-refractivity contribution is 7.91. The average molecular weight is 416 g/mol. The minimum atomic E-state index is -3.00. The van der Waals surface area contributed by atoms with Crippen LogP contribution in [0.4, 0.5) is 0 Å². The lowest BCUT2D eigenvalue weighted by molar-refractivity contribution is 0.0920. The minimum absolute atomic E-state index is 0.113. The normalized spacial score (nSPS) is 18.8. The number of carbonyl (C=O) groups is 1. The maximum Gasteiger partial charge on any atom is 0.202 e. The van der Waals surface area contributed by atoms with Crippen LogP contribution in [0.2, 0.25) is 10.0 Å². The van der Waals surface area contributed by atoms with Crippen molar-refractivity contribution in [2.45, 2.75) is 26.3 Å². The molecular weight excluding hydrogens is 397 g/mol. The summed E-state index contributed by atoms with van der Waals surface area (Å²) in [4.78, 5) is 12.6. The van der Waals surface area contributed by atoms with Crippen molar-refractivity contribution in [1.29, 1.82) is 0 Å². The summed E-state index contributed by atoms with van der Waals surface area (Å²) >= 11 is 11.8. The zero-order chi connectivity index (χ0) is 19.1. The van der Waals surface area contributed by atoms with Gasteiger partial charge in [-0.25, -0.2) is 8.42 Å². The molecule has 1 atom stereocenters. The Hall–Kier alpha value is -1.50. The molecule has 1 aliphatic heterocycles. The van der Waals surface area contributed by atoms with Crippen molar-refractivity contribution in [3.8, 4) is 5.75 Å². The lowest BCUT2D eigenvalue weighted by atomic mass is 10.1. The molecule has 1 aromatic carbocycles. The standard InChI is InChI=1S/C18H19Cl2NO4S/c1-11-7-15(12(2)21(11)13-5-6-26(23,24)10-13)18(22)9-25-14-3-4-16(19)17(20)8-14/h3-4,7-8,13H,5-6,9-10H2,1-2H3/t13-/m0/s1. The third-order valence-electron chi connectivity index (χ3n) is 4.62. The van der Waals surface area contributed by atoms with Crippen LogP contribution >= 0.6 is 23.2 Å². The number of aromatic nitrogens is 1. The van der Waals surface area contributed by atoms with E-state index in [4.69, 9.17) is 27.9 Å². The first-order valence-electron chi connectivity index (χ1n) is 8.18. The first kappa shape index (κ1) is 19.3. The van der Waals surface area contributed by atoms with Gasteiger partial charge in [0.25, 0.3) is 0 Å². The molecule has 2 aromatic rings. The summed E-state index contributed by atoms with van der Waals surface area (Å²) < 4.78 is 31.0. The predicted octanol–water partition coefficient (Wildman–Crippen LogP) is 4.03. The molecule has 0 amide bonds. The summed E-state index contributed by atoms with van der Waals surface area (Å²) in [6.45, 7) is 3.59. The molecular formula is C18H19Cl2NO4S. The van der Waals surface area contributed by atoms with E-state index in [9.17, 15) is 13.2 Å². The Bertz CT molecular complexity index is 966. The Morgan fingerprint density at radius 2 is 1.96 bits per heavy atom. The molecule has 2 heterocycles. The second kappa shape index (κ2) is 7.25. The molecule has 0 unspecified atom stereocenters. The molecule has 1 aliphatic rings. The predicted molar refractivity (Wildman–Crippen MR) is 103 cm³/mol. The lowest BCUT2D eigenvalue weighted by Gasteiger charge is -2.16.